The van der Waals surface area contributed by atoms with E-state index in [4.69, 9.17) is 0 Å². The second-order valence-corrected chi connectivity index (χ2v) is 6.06. The summed E-state index contributed by atoms with van der Waals surface area (Å²) in [4.78, 5) is 17.4. The van der Waals surface area contributed by atoms with Gasteiger partial charge < -0.3 is 15.7 Å². The van der Waals surface area contributed by atoms with E-state index in [1.54, 1.807) is 17.5 Å². The highest BCUT2D eigenvalue weighted by atomic mass is 32.1. The normalized spacial score (nSPS) is 13.5. The van der Waals surface area contributed by atoms with Gasteiger partial charge in [0.2, 0.25) is 0 Å². The number of benzene rings is 1. The Hall–Kier alpha value is -1.92. The molecule has 3 N–H and O–H groups in total. The number of hydrogen-bond donors (Lipinski definition) is 3. The van der Waals surface area contributed by atoms with Gasteiger partial charge >= 0.3 is 6.03 Å². The van der Waals surface area contributed by atoms with E-state index < -0.39 is 6.04 Å². The second kappa shape index (κ2) is 7.19. The number of thiazole rings is 1. The van der Waals surface area contributed by atoms with E-state index >= 15 is 0 Å². The van der Waals surface area contributed by atoms with E-state index in [-0.39, 0.29) is 18.7 Å². The Labute approximate surface area is 128 Å². The number of rotatable bonds is 5. The van der Waals surface area contributed by atoms with Gasteiger partial charge in [-0.3, -0.25) is 0 Å². The third kappa shape index (κ3) is 4.27. The minimum atomic E-state index is -0.420. The number of urea groups is 1. The van der Waals surface area contributed by atoms with Crippen LogP contribution in [-0.4, -0.2) is 22.7 Å². The summed E-state index contributed by atoms with van der Waals surface area (Å²) < 4.78 is 0. The number of aryl methyl sites for hydroxylation is 1. The molecule has 0 saturated heterocycles. The van der Waals surface area contributed by atoms with Gasteiger partial charge in [-0.05, 0) is 19.4 Å². The molecular weight excluding hydrogens is 286 g/mol. The van der Waals surface area contributed by atoms with Gasteiger partial charge in [0.15, 0.2) is 0 Å². The van der Waals surface area contributed by atoms with Crippen molar-refractivity contribution in [2.24, 2.45) is 0 Å². The molecule has 0 aliphatic carbocycles. The van der Waals surface area contributed by atoms with Gasteiger partial charge in [0.1, 0.15) is 5.01 Å². The van der Waals surface area contributed by atoms with Crippen LogP contribution in [0.2, 0.25) is 0 Å². The van der Waals surface area contributed by atoms with E-state index in [9.17, 15) is 9.90 Å². The zero-order chi connectivity index (χ0) is 15.2. The molecule has 2 aromatic rings. The van der Waals surface area contributed by atoms with Crippen LogP contribution in [0.5, 0.6) is 0 Å². The fourth-order valence-corrected chi connectivity index (χ4v) is 2.73. The van der Waals surface area contributed by atoms with E-state index in [0.29, 0.717) is 0 Å². The molecule has 5 nitrogen and oxygen atoms in total. The summed E-state index contributed by atoms with van der Waals surface area (Å²) in [5.74, 6) is 0. The number of nitrogens with one attached hydrogen (secondary N) is 2. The van der Waals surface area contributed by atoms with Crippen LogP contribution < -0.4 is 10.6 Å². The fraction of sp³-hybridized carbons (Fsp3) is 0.333. The van der Waals surface area contributed by atoms with Crippen molar-refractivity contribution in [1.29, 1.82) is 0 Å². The molecular formula is C15H19N3O2S. The second-order valence-electron chi connectivity index (χ2n) is 4.79. The monoisotopic (exact) mass is 305 g/mol. The minimum absolute atomic E-state index is 0.151. The maximum absolute atomic E-state index is 12.0. The summed E-state index contributed by atoms with van der Waals surface area (Å²) in [5.41, 5.74) is 0.868. The Morgan fingerprint density at radius 3 is 2.62 bits per heavy atom. The molecule has 0 spiro atoms. The van der Waals surface area contributed by atoms with Crippen LogP contribution in [0.1, 0.15) is 34.5 Å². The van der Waals surface area contributed by atoms with Gasteiger partial charge in [0, 0.05) is 11.1 Å². The van der Waals surface area contributed by atoms with Crippen LogP contribution >= 0.6 is 11.3 Å². The van der Waals surface area contributed by atoms with Crippen LogP contribution in [0.15, 0.2) is 36.5 Å². The molecule has 0 aliphatic rings. The summed E-state index contributed by atoms with van der Waals surface area (Å²) in [6, 6.07) is 8.47. The lowest BCUT2D eigenvalue weighted by Crippen LogP contribution is -2.40. The number of amides is 2. The molecule has 0 bridgehead atoms. The summed E-state index contributed by atoms with van der Waals surface area (Å²) in [7, 11) is 0. The van der Waals surface area contributed by atoms with E-state index in [2.05, 4.69) is 15.6 Å². The topological polar surface area (TPSA) is 74.2 Å². The fourth-order valence-electron chi connectivity index (χ4n) is 1.95. The lowest BCUT2D eigenvalue weighted by molar-refractivity contribution is 0.214. The molecule has 2 atom stereocenters. The van der Waals surface area contributed by atoms with E-state index in [1.165, 1.54) is 0 Å². The summed E-state index contributed by atoms with van der Waals surface area (Å²) in [6.07, 6.45) is 1.79. The SMILES string of the molecule is Cc1cnc(C(C)NC(=O)NC(CO)c2ccccc2)s1. The van der Waals surface area contributed by atoms with Gasteiger partial charge in [-0.1, -0.05) is 30.3 Å². The van der Waals surface area contributed by atoms with Crippen LogP contribution in [0.3, 0.4) is 0 Å². The molecule has 1 aromatic carbocycles. The van der Waals surface area contributed by atoms with Crippen LogP contribution in [0.25, 0.3) is 0 Å². The Morgan fingerprint density at radius 1 is 1.33 bits per heavy atom. The van der Waals surface area contributed by atoms with Crippen LogP contribution in [0, 0.1) is 6.92 Å². The molecule has 0 fully saturated rings. The van der Waals surface area contributed by atoms with Gasteiger partial charge in [-0.15, -0.1) is 11.3 Å². The standard InChI is InChI=1S/C15H19N3O2S/c1-10-8-16-14(21-10)11(2)17-15(20)18-13(9-19)12-6-4-3-5-7-12/h3-8,11,13,19H,9H2,1-2H3,(H2,17,18,20). The number of hydrogen-bond acceptors (Lipinski definition) is 4. The molecule has 2 rings (SSSR count). The zero-order valence-electron chi connectivity index (χ0n) is 12.0. The largest absolute Gasteiger partial charge is 0.394 e. The maximum Gasteiger partial charge on any atom is 0.315 e. The quantitative estimate of drug-likeness (QED) is 0.794. The van der Waals surface area contributed by atoms with Crippen molar-refractivity contribution in [3.8, 4) is 0 Å². The average Bonchev–Trinajstić information content (AvgIpc) is 2.92. The minimum Gasteiger partial charge on any atom is -0.394 e. The molecule has 2 amide bonds. The predicted molar refractivity (Wildman–Crippen MR) is 83.2 cm³/mol. The van der Waals surface area contributed by atoms with Crippen LogP contribution in [0.4, 0.5) is 4.79 Å². The molecule has 21 heavy (non-hydrogen) atoms. The molecule has 1 aromatic heterocycles. The van der Waals surface area contributed by atoms with Crippen LogP contribution in [-0.2, 0) is 0 Å². The lowest BCUT2D eigenvalue weighted by atomic mass is 10.1. The highest BCUT2D eigenvalue weighted by molar-refractivity contribution is 7.11. The third-order valence-corrected chi connectivity index (χ3v) is 4.14. The van der Waals surface area contributed by atoms with Gasteiger partial charge in [-0.25, -0.2) is 9.78 Å². The third-order valence-electron chi connectivity index (χ3n) is 3.05. The Kier molecular flexibility index (Phi) is 5.30. The number of carbonyl (C=O) groups is 1. The van der Waals surface area contributed by atoms with Crippen molar-refractivity contribution in [1.82, 2.24) is 15.6 Å². The summed E-state index contributed by atoms with van der Waals surface area (Å²) in [5, 5.41) is 15.9. The molecule has 6 heteroatoms. The summed E-state index contributed by atoms with van der Waals surface area (Å²) >= 11 is 1.56. The molecule has 2 unspecified atom stereocenters. The number of carbonyl (C=O) groups excluding carboxylic acids is 1. The lowest BCUT2D eigenvalue weighted by Gasteiger charge is -2.19. The summed E-state index contributed by atoms with van der Waals surface area (Å²) in [6.45, 7) is 3.71. The number of aliphatic hydroxyl groups is 1. The molecule has 0 saturated carbocycles. The first-order valence-corrected chi connectivity index (χ1v) is 7.57. The highest BCUT2D eigenvalue weighted by Gasteiger charge is 2.16. The van der Waals surface area contributed by atoms with Crippen molar-refractivity contribution >= 4 is 17.4 Å². The first-order valence-electron chi connectivity index (χ1n) is 6.75. The van der Waals surface area contributed by atoms with Crippen molar-refractivity contribution in [3.05, 3.63) is 52.0 Å². The Morgan fingerprint density at radius 2 is 2.05 bits per heavy atom. The molecule has 1 heterocycles. The molecule has 0 aliphatic heterocycles. The molecule has 112 valence electrons. The zero-order valence-corrected chi connectivity index (χ0v) is 12.9. The Bertz CT molecular complexity index is 586. The van der Waals surface area contributed by atoms with Gasteiger partial charge in [0.05, 0.1) is 18.7 Å². The van der Waals surface area contributed by atoms with Crippen molar-refractivity contribution in [3.63, 3.8) is 0 Å². The van der Waals surface area contributed by atoms with Gasteiger partial charge in [0.25, 0.3) is 0 Å². The number of nitrogens with zero attached hydrogens (tertiary/aromatic N) is 1. The highest BCUT2D eigenvalue weighted by Crippen LogP contribution is 2.19. The first-order chi connectivity index (χ1) is 10.1. The smallest absolute Gasteiger partial charge is 0.315 e. The van der Waals surface area contributed by atoms with Crippen molar-refractivity contribution in [2.75, 3.05) is 6.61 Å². The molecule has 0 radical (unpaired) electrons. The average molecular weight is 305 g/mol. The van der Waals surface area contributed by atoms with Crippen molar-refractivity contribution < 1.29 is 9.90 Å². The van der Waals surface area contributed by atoms with E-state index in [0.717, 1.165) is 15.4 Å². The predicted octanol–water partition coefficient (Wildman–Crippen LogP) is 2.55. The first kappa shape index (κ1) is 15.5. The van der Waals surface area contributed by atoms with Gasteiger partial charge in [-0.2, -0.15) is 0 Å². The maximum atomic E-state index is 12.0. The van der Waals surface area contributed by atoms with Crippen molar-refractivity contribution in [2.45, 2.75) is 25.9 Å². The number of aromatic nitrogens is 1. The van der Waals surface area contributed by atoms with E-state index in [1.807, 2.05) is 44.2 Å². The Balaban J connectivity index is 1.94. The number of aliphatic hydroxyl groups excluding tert-OH is 1.